The zero-order valence-electron chi connectivity index (χ0n) is 21.3. The average molecular weight is 526 g/mol. The Morgan fingerprint density at radius 2 is 1.49 bits per heavy atom. The highest BCUT2D eigenvalue weighted by Gasteiger charge is 2.27. The van der Waals surface area contributed by atoms with Crippen molar-refractivity contribution in [2.45, 2.75) is 57.3 Å². The van der Waals surface area contributed by atoms with Crippen molar-refractivity contribution >= 4 is 22.2 Å². The van der Waals surface area contributed by atoms with E-state index in [9.17, 15) is 18.0 Å². The topological polar surface area (TPSA) is 108 Å². The summed E-state index contributed by atoms with van der Waals surface area (Å²) in [6.07, 6.45) is -0.663. The van der Waals surface area contributed by atoms with Gasteiger partial charge in [0.15, 0.2) is 0 Å². The van der Waals surface area contributed by atoms with Crippen LogP contribution >= 0.6 is 0 Å². The maximum atomic E-state index is 12.8. The molecular formula is C28H31NO7S. The molecule has 1 atom stereocenters. The molecule has 1 amide bonds. The number of carbonyl (C=O) groups is 2. The van der Waals surface area contributed by atoms with Crippen LogP contribution in [0.4, 0.5) is 4.79 Å². The van der Waals surface area contributed by atoms with Crippen LogP contribution < -0.4 is 9.50 Å². The molecule has 0 spiro atoms. The van der Waals surface area contributed by atoms with Gasteiger partial charge in [0.2, 0.25) is 0 Å². The molecule has 9 heteroatoms. The minimum Gasteiger partial charge on any atom is -0.458 e. The van der Waals surface area contributed by atoms with Crippen molar-refractivity contribution in [1.82, 2.24) is 5.32 Å². The van der Waals surface area contributed by atoms with Crippen LogP contribution in [0.25, 0.3) is 0 Å². The number of aryl methyl sites for hydroxylation is 1. The summed E-state index contributed by atoms with van der Waals surface area (Å²) in [6.45, 7) is 7.11. The summed E-state index contributed by atoms with van der Waals surface area (Å²) in [6, 6.07) is 20.7. The highest BCUT2D eigenvalue weighted by atomic mass is 32.2. The average Bonchev–Trinajstić information content (AvgIpc) is 2.83. The summed E-state index contributed by atoms with van der Waals surface area (Å²) in [7, 11) is -3.99. The second-order valence-corrected chi connectivity index (χ2v) is 11.0. The van der Waals surface area contributed by atoms with E-state index in [1.54, 1.807) is 45.0 Å². The number of amides is 1. The quantitative estimate of drug-likeness (QED) is 0.311. The predicted octanol–water partition coefficient (Wildman–Crippen LogP) is 4.94. The lowest BCUT2D eigenvalue weighted by atomic mass is 10.1. The molecule has 0 radical (unpaired) electrons. The van der Waals surface area contributed by atoms with Crippen LogP contribution in [0.5, 0.6) is 5.75 Å². The Morgan fingerprint density at radius 3 is 2.08 bits per heavy atom. The zero-order valence-corrected chi connectivity index (χ0v) is 22.1. The molecule has 0 aliphatic heterocycles. The van der Waals surface area contributed by atoms with Gasteiger partial charge in [-0.15, -0.1) is 0 Å². The number of nitrogens with one attached hydrogen (secondary N) is 1. The van der Waals surface area contributed by atoms with Gasteiger partial charge >= 0.3 is 22.2 Å². The van der Waals surface area contributed by atoms with E-state index >= 15 is 0 Å². The first kappa shape index (κ1) is 27.7. The first-order valence-electron chi connectivity index (χ1n) is 11.7. The lowest BCUT2D eigenvalue weighted by Crippen LogP contribution is -2.45. The van der Waals surface area contributed by atoms with Crippen molar-refractivity contribution in [1.29, 1.82) is 0 Å². The van der Waals surface area contributed by atoms with Gasteiger partial charge in [-0.1, -0.05) is 60.2 Å². The van der Waals surface area contributed by atoms with E-state index in [1.807, 2.05) is 37.3 Å². The standard InChI is InChI=1S/C28H31NO7S/c1-20-10-16-24(17-11-20)37(32,33)36-23-14-12-21(13-15-23)18-25(26(30)35-28(2,3)4)29-27(31)34-19-22-8-6-5-7-9-22/h5-17,25H,18-19H2,1-4H3,(H,29,31). The van der Waals surface area contributed by atoms with Gasteiger partial charge in [-0.3, -0.25) is 0 Å². The Balaban J connectivity index is 1.68. The summed E-state index contributed by atoms with van der Waals surface area (Å²) in [5.74, 6) is -0.500. The molecule has 0 heterocycles. The van der Waals surface area contributed by atoms with Crippen LogP contribution in [0.3, 0.4) is 0 Å². The van der Waals surface area contributed by atoms with Gasteiger partial charge < -0.3 is 19.0 Å². The van der Waals surface area contributed by atoms with Crippen LogP contribution in [-0.2, 0) is 37.4 Å². The first-order valence-corrected chi connectivity index (χ1v) is 13.1. The van der Waals surface area contributed by atoms with Crippen molar-refractivity contribution in [3.05, 3.63) is 95.6 Å². The molecule has 0 aromatic heterocycles. The third kappa shape index (κ3) is 8.95. The van der Waals surface area contributed by atoms with E-state index in [-0.39, 0.29) is 23.7 Å². The molecule has 8 nitrogen and oxygen atoms in total. The Hall–Kier alpha value is -3.85. The molecule has 3 aromatic carbocycles. The van der Waals surface area contributed by atoms with Gasteiger partial charge in [-0.2, -0.15) is 8.42 Å². The first-order chi connectivity index (χ1) is 17.4. The lowest BCUT2D eigenvalue weighted by molar-refractivity contribution is -0.157. The van der Waals surface area contributed by atoms with E-state index in [1.165, 1.54) is 24.3 Å². The molecule has 1 unspecified atom stereocenters. The van der Waals surface area contributed by atoms with E-state index in [0.717, 1.165) is 11.1 Å². The van der Waals surface area contributed by atoms with Gasteiger partial charge in [0.05, 0.1) is 0 Å². The Kier molecular flexibility index (Phi) is 8.94. The van der Waals surface area contributed by atoms with E-state index in [0.29, 0.717) is 5.56 Å². The van der Waals surface area contributed by atoms with Gasteiger partial charge in [-0.25, -0.2) is 9.59 Å². The molecular weight excluding hydrogens is 494 g/mol. The van der Waals surface area contributed by atoms with Crippen molar-refractivity contribution in [3.8, 4) is 5.75 Å². The SMILES string of the molecule is Cc1ccc(S(=O)(=O)Oc2ccc(CC(NC(=O)OCc3ccccc3)C(=O)OC(C)(C)C)cc2)cc1. The summed E-state index contributed by atoms with van der Waals surface area (Å²) in [5, 5.41) is 2.57. The minimum atomic E-state index is -3.99. The fourth-order valence-corrected chi connectivity index (χ4v) is 4.20. The van der Waals surface area contributed by atoms with Crippen molar-refractivity contribution in [3.63, 3.8) is 0 Å². The largest absolute Gasteiger partial charge is 0.458 e. The number of rotatable bonds is 9. The molecule has 0 aliphatic rings. The van der Waals surface area contributed by atoms with E-state index in [4.69, 9.17) is 13.7 Å². The van der Waals surface area contributed by atoms with Crippen molar-refractivity contribution < 1.29 is 31.7 Å². The van der Waals surface area contributed by atoms with Crippen LogP contribution in [0, 0.1) is 6.92 Å². The van der Waals surface area contributed by atoms with Crippen LogP contribution in [0.1, 0.15) is 37.5 Å². The second kappa shape index (κ2) is 11.9. The molecule has 0 fully saturated rings. The smallest absolute Gasteiger partial charge is 0.408 e. The van der Waals surface area contributed by atoms with Crippen LogP contribution in [-0.4, -0.2) is 32.1 Å². The highest BCUT2D eigenvalue weighted by molar-refractivity contribution is 7.87. The molecule has 1 N–H and O–H groups in total. The molecule has 0 saturated heterocycles. The summed E-state index contributed by atoms with van der Waals surface area (Å²) >= 11 is 0. The lowest BCUT2D eigenvalue weighted by Gasteiger charge is -2.24. The summed E-state index contributed by atoms with van der Waals surface area (Å²) < 4.78 is 41.0. The second-order valence-electron chi connectivity index (χ2n) is 9.49. The molecule has 3 aromatic rings. The summed E-state index contributed by atoms with van der Waals surface area (Å²) in [4.78, 5) is 25.3. The molecule has 3 rings (SSSR count). The van der Waals surface area contributed by atoms with Gasteiger partial charge in [-0.05, 0) is 63.1 Å². The molecule has 37 heavy (non-hydrogen) atoms. The maximum absolute atomic E-state index is 12.8. The molecule has 196 valence electrons. The number of hydrogen-bond donors (Lipinski definition) is 1. The number of hydrogen-bond acceptors (Lipinski definition) is 7. The zero-order chi connectivity index (χ0) is 27.1. The monoisotopic (exact) mass is 525 g/mol. The maximum Gasteiger partial charge on any atom is 0.408 e. The predicted molar refractivity (Wildman–Crippen MR) is 139 cm³/mol. The number of alkyl carbamates (subject to hydrolysis) is 1. The Labute approximate surface area is 217 Å². The van der Waals surface area contributed by atoms with E-state index in [2.05, 4.69) is 5.32 Å². The minimum absolute atomic E-state index is 0.0466. The Morgan fingerprint density at radius 1 is 0.865 bits per heavy atom. The van der Waals surface area contributed by atoms with Crippen molar-refractivity contribution in [2.24, 2.45) is 0 Å². The third-order valence-electron chi connectivity index (χ3n) is 5.07. The van der Waals surface area contributed by atoms with E-state index < -0.39 is 33.8 Å². The number of carbonyl (C=O) groups excluding carboxylic acids is 2. The molecule has 0 bridgehead atoms. The van der Waals surface area contributed by atoms with Crippen LogP contribution in [0.15, 0.2) is 83.8 Å². The van der Waals surface area contributed by atoms with Gasteiger partial charge in [0.25, 0.3) is 0 Å². The number of ether oxygens (including phenoxy) is 2. The third-order valence-corrected chi connectivity index (χ3v) is 6.34. The molecule has 0 saturated carbocycles. The molecule has 0 aliphatic carbocycles. The fourth-order valence-electron chi connectivity index (χ4n) is 3.27. The Bertz CT molecular complexity index is 1300. The normalized spacial score (nSPS) is 12.3. The van der Waals surface area contributed by atoms with Crippen LogP contribution in [0.2, 0.25) is 0 Å². The number of benzene rings is 3. The van der Waals surface area contributed by atoms with Gasteiger partial charge in [0, 0.05) is 6.42 Å². The number of esters is 1. The summed E-state index contributed by atoms with van der Waals surface area (Å²) in [5.41, 5.74) is 1.63. The van der Waals surface area contributed by atoms with Crippen molar-refractivity contribution in [2.75, 3.05) is 0 Å². The highest BCUT2D eigenvalue weighted by Crippen LogP contribution is 2.21. The fraction of sp³-hybridized carbons (Fsp3) is 0.286. The van der Waals surface area contributed by atoms with Gasteiger partial charge in [0.1, 0.15) is 28.9 Å².